The highest BCUT2D eigenvalue weighted by atomic mass is 16.5. The average molecular weight is 327 g/mol. The van der Waals surface area contributed by atoms with Crippen LogP contribution in [0.2, 0.25) is 0 Å². The Kier molecular flexibility index (Phi) is 5.72. The average Bonchev–Trinajstić information content (AvgIpc) is 2.63. The molecule has 1 aliphatic rings. The van der Waals surface area contributed by atoms with Gasteiger partial charge in [-0.05, 0) is 36.1 Å². The molecule has 4 nitrogen and oxygen atoms in total. The number of rotatable bonds is 6. The van der Waals surface area contributed by atoms with Crippen molar-refractivity contribution in [2.45, 2.75) is 32.1 Å². The van der Waals surface area contributed by atoms with Gasteiger partial charge in [-0.15, -0.1) is 0 Å². The summed E-state index contributed by atoms with van der Waals surface area (Å²) >= 11 is 0. The van der Waals surface area contributed by atoms with E-state index in [0.717, 1.165) is 49.5 Å². The van der Waals surface area contributed by atoms with Gasteiger partial charge in [-0.1, -0.05) is 36.4 Å². The number of methoxy groups -OCH3 is 1. The molecule has 1 heterocycles. The summed E-state index contributed by atoms with van der Waals surface area (Å²) in [4.78, 5) is 2.37. The lowest BCUT2D eigenvalue weighted by atomic mass is 10.1. The van der Waals surface area contributed by atoms with E-state index in [-0.39, 0.29) is 6.10 Å². The fourth-order valence-corrected chi connectivity index (χ4v) is 3.00. The van der Waals surface area contributed by atoms with Gasteiger partial charge in [0.15, 0.2) is 11.5 Å². The maximum absolute atomic E-state index is 9.60. The summed E-state index contributed by atoms with van der Waals surface area (Å²) in [6.45, 7) is 3.29. The second-order valence-electron chi connectivity index (χ2n) is 6.27. The molecular formula is C20H25NO3. The van der Waals surface area contributed by atoms with E-state index in [1.165, 1.54) is 5.56 Å². The summed E-state index contributed by atoms with van der Waals surface area (Å²) in [6, 6.07) is 16.2. The molecule has 0 radical (unpaired) electrons. The molecule has 0 atom stereocenters. The van der Waals surface area contributed by atoms with Gasteiger partial charge in [-0.3, -0.25) is 4.90 Å². The highest BCUT2D eigenvalue weighted by molar-refractivity contribution is 5.43. The number of hydrogen-bond donors (Lipinski definition) is 1. The molecule has 0 saturated carbocycles. The molecule has 1 N–H and O–H groups in total. The Morgan fingerprint density at radius 2 is 1.75 bits per heavy atom. The van der Waals surface area contributed by atoms with Crippen molar-refractivity contribution in [3.8, 4) is 11.5 Å². The van der Waals surface area contributed by atoms with Gasteiger partial charge in [-0.25, -0.2) is 0 Å². The van der Waals surface area contributed by atoms with E-state index in [9.17, 15) is 5.11 Å². The summed E-state index contributed by atoms with van der Waals surface area (Å²) < 4.78 is 11.4. The summed E-state index contributed by atoms with van der Waals surface area (Å²) in [7, 11) is 1.67. The van der Waals surface area contributed by atoms with Crippen LogP contribution in [-0.4, -0.2) is 36.3 Å². The molecule has 4 heteroatoms. The third-order valence-electron chi connectivity index (χ3n) is 4.43. The zero-order valence-corrected chi connectivity index (χ0v) is 14.1. The summed E-state index contributed by atoms with van der Waals surface area (Å²) in [6.07, 6.45) is 1.58. The van der Waals surface area contributed by atoms with Gasteiger partial charge in [0, 0.05) is 19.6 Å². The first-order chi connectivity index (χ1) is 11.7. The highest BCUT2D eigenvalue weighted by Gasteiger charge is 2.17. The van der Waals surface area contributed by atoms with Crippen molar-refractivity contribution in [3.63, 3.8) is 0 Å². The van der Waals surface area contributed by atoms with Gasteiger partial charge in [0.2, 0.25) is 0 Å². The third kappa shape index (κ3) is 4.49. The largest absolute Gasteiger partial charge is 0.493 e. The van der Waals surface area contributed by atoms with Crippen LogP contribution in [0.3, 0.4) is 0 Å². The van der Waals surface area contributed by atoms with Gasteiger partial charge in [-0.2, -0.15) is 0 Å². The SMILES string of the molecule is COc1cc(CN2CCC(O)CC2)ccc1OCc1ccccc1. The summed E-state index contributed by atoms with van der Waals surface area (Å²) in [5, 5.41) is 9.60. The highest BCUT2D eigenvalue weighted by Crippen LogP contribution is 2.29. The number of ether oxygens (including phenoxy) is 2. The van der Waals surface area contributed by atoms with E-state index in [1.54, 1.807) is 7.11 Å². The number of aliphatic hydroxyl groups excluding tert-OH is 1. The van der Waals surface area contributed by atoms with Gasteiger partial charge in [0.1, 0.15) is 6.61 Å². The van der Waals surface area contributed by atoms with Crippen molar-refractivity contribution in [2.75, 3.05) is 20.2 Å². The minimum atomic E-state index is -0.135. The molecule has 2 aromatic rings. The van der Waals surface area contributed by atoms with Crippen molar-refractivity contribution >= 4 is 0 Å². The van der Waals surface area contributed by atoms with E-state index in [1.807, 2.05) is 42.5 Å². The van der Waals surface area contributed by atoms with Crippen LogP contribution in [0.5, 0.6) is 11.5 Å². The Bertz CT molecular complexity index is 637. The fraction of sp³-hybridized carbons (Fsp3) is 0.400. The molecule has 0 amide bonds. The van der Waals surface area contributed by atoms with Crippen molar-refractivity contribution in [1.29, 1.82) is 0 Å². The number of hydrogen-bond acceptors (Lipinski definition) is 4. The zero-order chi connectivity index (χ0) is 16.8. The minimum absolute atomic E-state index is 0.135. The third-order valence-corrected chi connectivity index (χ3v) is 4.43. The molecule has 0 bridgehead atoms. The number of likely N-dealkylation sites (tertiary alicyclic amines) is 1. The summed E-state index contributed by atoms with van der Waals surface area (Å²) in [5.41, 5.74) is 2.34. The molecule has 1 aliphatic heterocycles. The first kappa shape index (κ1) is 16.8. The van der Waals surface area contributed by atoms with E-state index < -0.39 is 0 Å². The maximum Gasteiger partial charge on any atom is 0.161 e. The second-order valence-corrected chi connectivity index (χ2v) is 6.27. The Balaban J connectivity index is 1.62. The van der Waals surface area contributed by atoms with Crippen LogP contribution in [0.15, 0.2) is 48.5 Å². The lowest BCUT2D eigenvalue weighted by Gasteiger charge is -2.29. The minimum Gasteiger partial charge on any atom is -0.493 e. The van der Waals surface area contributed by atoms with Crippen molar-refractivity contribution in [1.82, 2.24) is 4.90 Å². The van der Waals surface area contributed by atoms with Gasteiger partial charge >= 0.3 is 0 Å². The second kappa shape index (κ2) is 8.18. The molecule has 0 aliphatic carbocycles. The van der Waals surface area contributed by atoms with Crippen LogP contribution < -0.4 is 9.47 Å². The predicted molar refractivity (Wildman–Crippen MR) is 94.3 cm³/mol. The molecule has 3 rings (SSSR count). The van der Waals surface area contributed by atoms with Crippen LogP contribution >= 0.6 is 0 Å². The fourth-order valence-electron chi connectivity index (χ4n) is 3.00. The Morgan fingerprint density at radius 1 is 1.00 bits per heavy atom. The van der Waals surface area contributed by atoms with Crippen LogP contribution in [0, 0.1) is 0 Å². The molecule has 0 spiro atoms. The number of benzene rings is 2. The first-order valence-electron chi connectivity index (χ1n) is 8.48. The van der Waals surface area contributed by atoms with Crippen LogP contribution in [-0.2, 0) is 13.2 Å². The standard InChI is InChI=1S/C20H25NO3/c1-23-20-13-17(14-21-11-9-18(22)10-12-21)7-8-19(20)24-15-16-5-3-2-4-6-16/h2-8,13,18,22H,9-12,14-15H2,1H3. The topological polar surface area (TPSA) is 41.9 Å². The molecule has 1 saturated heterocycles. The van der Waals surface area contributed by atoms with Gasteiger partial charge < -0.3 is 14.6 Å². The van der Waals surface area contributed by atoms with Crippen molar-refractivity contribution < 1.29 is 14.6 Å². The monoisotopic (exact) mass is 327 g/mol. The summed E-state index contributed by atoms with van der Waals surface area (Å²) in [5.74, 6) is 1.53. The number of nitrogens with zero attached hydrogens (tertiary/aromatic N) is 1. The molecule has 1 fully saturated rings. The number of piperidine rings is 1. The number of aliphatic hydroxyl groups is 1. The van der Waals surface area contributed by atoms with Gasteiger partial charge in [0.05, 0.1) is 13.2 Å². The van der Waals surface area contributed by atoms with E-state index in [0.29, 0.717) is 6.61 Å². The molecule has 24 heavy (non-hydrogen) atoms. The normalized spacial score (nSPS) is 16.1. The Hall–Kier alpha value is -2.04. The molecule has 0 aromatic heterocycles. The van der Waals surface area contributed by atoms with Crippen LogP contribution in [0.4, 0.5) is 0 Å². The molecular weight excluding hydrogens is 302 g/mol. The smallest absolute Gasteiger partial charge is 0.161 e. The molecule has 128 valence electrons. The van der Waals surface area contributed by atoms with Crippen LogP contribution in [0.1, 0.15) is 24.0 Å². The van der Waals surface area contributed by atoms with E-state index in [2.05, 4.69) is 11.0 Å². The lowest BCUT2D eigenvalue weighted by molar-refractivity contribution is 0.0792. The molecule has 2 aromatic carbocycles. The molecule has 0 unspecified atom stereocenters. The Labute approximate surface area is 143 Å². The van der Waals surface area contributed by atoms with E-state index >= 15 is 0 Å². The maximum atomic E-state index is 9.60. The van der Waals surface area contributed by atoms with Gasteiger partial charge in [0.25, 0.3) is 0 Å². The lowest BCUT2D eigenvalue weighted by Crippen LogP contribution is -2.35. The van der Waals surface area contributed by atoms with E-state index in [4.69, 9.17) is 9.47 Å². The predicted octanol–water partition coefficient (Wildman–Crippen LogP) is 3.23. The zero-order valence-electron chi connectivity index (χ0n) is 14.1. The van der Waals surface area contributed by atoms with Crippen molar-refractivity contribution in [2.24, 2.45) is 0 Å². The van der Waals surface area contributed by atoms with Crippen LogP contribution in [0.25, 0.3) is 0 Å². The quantitative estimate of drug-likeness (QED) is 0.884. The Morgan fingerprint density at radius 3 is 2.46 bits per heavy atom. The first-order valence-corrected chi connectivity index (χ1v) is 8.48. The van der Waals surface area contributed by atoms with Crippen molar-refractivity contribution in [3.05, 3.63) is 59.7 Å².